The lowest BCUT2D eigenvalue weighted by Gasteiger charge is -2.22. The molecule has 0 radical (unpaired) electrons. The molecule has 0 spiro atoms. The highest BCUT2D eigenvalue weighted by Crippen LogP contribution is 2.23. The van der Waals surface area contributed by atoms with Crippen molar-refractivity contribution in [1.82, 2.24) is 9.71 Å². The molecule has 1 aromatic rings. The monoisotopic (exact) mass is 372 g/mol. The highest BCUT2D eigenvalue weighted by atomic mass is 79.9. The second kappa shape index (κ2) is 6.96. The molecule has 0 aliphatic heterocycles. The summed E-state index contributed by atoms with van der Waals surface area (Å²) in [6.45, 7) is 1.62. The Hall–Kier alpha value is -0.250. The van der Waals surface area contributed by atoms with E-state index in [1.165, 1.54) is 26.5 Å². The number of halogens is 2. The molecule has 1 atom stereocenters. The summed E-state index contributed by atoms with van der Waals surface area (Å²) in [5.74, 6) is 0. The van der Waals surface area contributed by atoms with Crippen LogP contribution in [0, 0.1) is 0 Å². The Morgan fingerprint density at radius 1 is 1.42 bits per heavy atom. The Bertz CT molecular complexity index is 536. The van der Waals surface area contributed by atoms with E-state index < -0.39 is 22.4 Å². The SMILES string of the molecule is COC(OC)C(C)NS(=O)(=O)c1cc(Br)cnc1Cl. The average Bonchev–Trinajstić information content (AvgIpc) is 2.33. The fourth-order valence-electron chi connectivity index (χ4n) is 1.46. The first-order valence-electron chi connectivity index (χ1n) is 5.20. The van der Waals surface area contributed by atoms with Crippen LogP contribution in [0.2, 0.25) is 5.15 Å². The Kier molecular flexibility index (Phi) is 6.15. The van der Waals surface area contributed by atoms with E-state index in [-0.39, 0.29) is 10.0 Å². The number of rotatable bonds is 6. The van der Waals surface area contributed by atoms with Crippen LogP contribution in [0.1, 0.15) is 6.92 Å². The van der Waals surface area contributed by atoms with E-state index in [0.717, 1.165) is 0 Å². The van der Waals surface area contributed by atoms with Gasteiger partial charge in [0.1, 0.15) is 10.0 Å². The van der Waals surface area contributed by atoms with Crippen LogP contribution in [0.4, 0.5) is 0 Å². The maximum absolute atomic E-state index is 12.2. The van der Waals surface area contributed by atoms with Gasteiger partial charge in [-0.2, -0.15) is 0 Å². The fourth-order valence-corrected chi connectivity index (χ4v) is 3.64. The van der Waals surface area contributed by atoms with Crippen LogP contribution in [0.3, 0.4) is 0 Å². The smallest absolute Gasteiger partial charge is 0.244 e. The third-order valence-corrected chi connectivity index (χ3v) is 4.70. The van der Waals surface area contributed by atoms with E-state index in [4.69, 9.17) is 21.1 Å². The van der Waals surface area contributed by atoms with Gasteiger partial charge >= 0.3 is 0 Å². The predicted molar refractivity (Wildman–Crippen MR) is 74.5 cm³/mol. The number of hydrogen-bond donors (Lipinski definition) is 1. The van der Waals surface area contributed by atoms with E-state index in [9.17, 15) is 8.42 Å². The molecule has 0 aliphatic carbocycles. The van der Waals surface area contributed by atoms with E-state index in [1.54, 1.807) is 6.92 Å². The number of sulfonamides is 1. The summed E-state index contributed by atoms with van der Waals surface area (Å²) in [5.41, 5.74) is 0. The Morgan fingerprint density at radius 2 is 2.00 bits per heavy atom. The van der Waals surface area contributed by atoms with Gasteiger partial charge in [0.15, 0.2) is 6.29 Å². The average molecular weight is 374 g/mol. The van der Waals surface area contributed by atoms with Crippen LogP contribution < -0.4 is 4.72 Å². The topological polar surface area (TPSA) is 77.5 Å². The second-order valence-corrected chi connectivity index (χ2v) is 6.65. The molecule has 1 heterocycles. The molecule has 0 fully saturated rings. The minimum Gasteiger partial charge on any atom is -0.354 e. The molecule has 0 saturated heterocycles. The molecule has 0 aliphatic rings. The first-order valence-corrected chi connectivity index (χ1v) is 7.86. The molecule has 19 heavy (non-hydrogen) atoms. The minimum absolute atomic E-state index is 0.103. The van der Waals surface area contributed by atoms with Crippen molar-refractivity contribution >= 4 is 37.6 Å². The van der Waals surface area contributed by atoms with Crippen LogP contribution in [-0.2, 0) is 19.5 Å². The summed E-state index contributed by atoms with van der Waals surface area (Å²) in [6.07, 6.45) is 0.714. The lowest BCUT2D eigenvalue weighted by molar-refractivity contribution is -0.115. The van der Waals surface area contributed by atoms with Crippen molar-refractivity contribution in [1.29, 1.82) is 0 Å². The minimum atomic E-state index is -3.81. The molecule has 1 aromatic heterocycles. The normalized spacial score (nSPS) is 13.8. The van der Waals surface area contributed by atoms with E-state index in [1.807, 2.05) is 0 Å². The summed E-state index contributed by atoms with van der Waals surface area (Å²) in [5, 5.41) is -0.103. The molecule has 108 valence electrons. The summed E-state index contributed by atoms with van der Waals surface area (Å²) in [4.78, 5) is 3.66. The molecule has 1 rings (SSSR count). The van der Waals surface area contributed by atoms with Gasteiger partial charge in [0.2, 0.25) is 10.0 Å². The number of nitrogens with one attached hydrogen (secondary N) is 1. The molecule has 0 saturated carbocycles. The fraction of sp³-hybridized carbons (Fsp3) is 0.500. The number of aromatic nitrogens is 1. The van der Waals surface area contributed by atoms with Crippen LogP contribution in [0.25, 0.3) is 0 Å². The third-order valence-electron chi connectivity index (χ3n) is 2.28. The zero-order chi connectivity index (χ0) is 14.6. The Morgan fingerprint density at radius 3 is 2.53 bits per heavy atom. The molecule has 9 heteroatoms. The third kappa shape index (κ3) is 4.37. The van der Waals surface area contributed by atoms with Gasteiger partial charge < -0.3 is 9.47 Å². The van der Waals surface area contributed by atoms with Crippen molar-refractivity contribution in [3.05, 3.63) is 21.9 Å². The van der Waals surface area contributed by atoms with Gasteiger partial charge in [-0.05, 0) is 28.9 Å². The molecular weight excluding hydrogens is 360 g/mol. The van der Waals surface area contributed by atoms with Crippen molar-refractivity contribution < 1.29 is 17.9 Å². The second-order valence-electron chi connectivity index (χ2n) is 3.69. The van der Waals surface area contributed by atoms with E-state index in [2.05, 4.69) is 25.6 Å². The summed E-state index contributed by atoms with van der Waals surface area (Å²) < 4.78 is 37.3. The maximum atomic E-state index is 12.2. The van der Waals surface area contributed by atoms with E-state index in [0.29, 0.717) is 4.47 Å². The summed E-state index contributed by atoms with van der Waals surface area (Å²) in [7, 11) is -0.966. The number of ether oxygens (including phenoxy) is 2. The van der Waals surface area contributed by atoms with E-state index >= 15 is 0 Å². The lowest BCUT2D eigenvalue weighted by Crippen LogP contribution is -2.42. The molecule has 0 bridgehead atoms. The zero-order valence-corrected chi connectivity index (χ0v) is 13.7. The molecule has 1 unspecified atom stereocenters. The van der Waals surface area contributed by atoms with Crippen LogP contribution in [-0.4, -0.2) is 40.0 Å². The van der Waals surface area contributed by atoms with Gasteiger partial charge in [-0.3, -0.25) is 0 Å². The molecule has 0 aromatic carbocycles. The van der Waals surface area contributed by atoms with Gasteiger partial charge in [-0.1, -0.05) is 11.6 Å². The summed E-state index contributed by atoms with van der Waals surface area (Å²) >= 11 is 8.95. The highest BCUT2D eigenvalue weighted by Gasteiger charge is 2.26. The predicted octanol–water partition coefficient (Wildman–Crippen LogP) is 1.78. The van der Waals surface area contributed by atoms with Crippen molar-refractivity contribution in [2.24, 2.45) is 0 Å². The van der Waals surface area contributed by atoms with Crippen molar-refractivity contribution in [3.63, 3.8) is 0 Å². The number of nitrogens with zero attached hydrogens (tertiary/aromatic N) is 1. The van der Waals surface area contributed by atoms with Gasteiger partial charge in [-0.25, -0.2) is 18.1 Å². The lowest BCUT2D eigenvalue weighted by atomic mass is 10.3. The molecule has 1 N–H and O–H groups in total. The standard InChI is InChI=1S/C10H14BrClN2O4S/c1-6(10(17-2)18-3)14-19(15,16)8-4-7(11)5-13-9(8)12/h4-6,10,14H,1-3H3. The highest BCUT2D eigenvalue weighted by molar-refractivity contribution is 9.10. The van der Waals surface area contributed by atoms with Gasteiger partial charge in [-0.15, -0.1) is 0 Å². The number of hydrogen-bond acceptors (Lipinski definition) is 5. The first-order chi connectivity index (χ1) is 8.81. The number of pyridine rings is 1. The quantitative estimate of drug-likeness (QED) is 0.607. The van der Waals surface area contributed by atoms with Gasteiger partial charge in [0.25, 0.3) is 0 Å². The first kappa shape index (κ1) is 16.8. The van der Waals surface area contributed by atoms with Gasteiger partial charge in [0, 0.05) is 24.9 Å². The summed E-state index contributed by atoms with van der Waals surface area (Å²) in [6, 6.07) is 0.786. The van der Waals surface area contributed by atoms with Crippen molar-refractivity contribution in [3.8, 4) is 0 Å². The van der Waals surface area contributed by atoms with Crippen LogP contribution in [0.5, 0.6) is 0 Å². The zero-order valence-electron chi connectivity index (χ0n) is 10.6. The molecule has 0 amide bonds. The number of methoxy groups -OCH3 is 2. The maximum Gasteiger partial charge on any atom is 0.244 e. The van der Waals surface area contributed by atoms with Crippen molar-refractivity contribution in [2.45, 2.75) is 24.2 Å². The van der Waals surface area contributed by atoms with Gasteiger partial charge in [0.05, 0.1) is 6.04 Å². The van der Waals surface area contributed by atoms with Crippen LogP contribution >= 0.6 is 27.5 Å². The Labute approximate surface area is 125 Å². The Balaban J connectivity index is 3.01. The van der Waals surface area contributed by atoms with Crippen LogP contribution in [0.15, 0.2) is 21.6 Å². The largest absolute Gasteiger partial charge is 0.354 e. The van der Waals surface area contributed by atoms with Crippen molar-refractivity contribution in [2.75, 3.05) is 14.2 Å². The molecule has 6 nitrogen and oxygen atoms in total. The molecular formula is C10H14BrClN2O4S.